The largest absolute Gasteiger partial charge is 0.352 e. The quantitative estimate of drug-likeness (QED) is 0.725. The van der Waals surface area contributed by atoms with Crippen LogP contribution in [0.25, 0.3) is 0 Å². The molecule has 1 amide bonds. The van der Waals surface area contributed by atoms with E-state index in [1.165, 1.54) is 0 Å². The summed E-state index contributed by atoms with van der Waals surface area (Å²) in [6.45, 7) is 4.89. The van der Waals surface area contributed by atoms with Gasteiger partial charge < -0.3 is 15.1 Å². The van der Waals surface area contributed by atoms with E-state index < -0.39 is 0 Å². The van der Waals surface area contributed by atoms with Gasteiger partial charge in [0.2, 0.25) is 5.91 Å². The van der Waals surface area contributed by atoms with Gasteiger partial charge in [-0.15, -0.1) is 10.2 Å². The average Bonchev–Trinajstić information content (AvgIpc) is 2.77. The number of hydrogen-bond acceptors (Lipinski definition) is 6. The highest BCUT2D eigenvalue weighted by Gasteiger charge is 2.22. The summed E-state index contributed by atoms with van der Waals surface area (Å²) in [5.41, 5.74) is 2.16. The molecule has 0 saturated carbocycles. The molecule has 1 aliphatic rings. The zero-order valence-electron chi connectivity index (χ0n) is 16.5. The van der Waals surface area contributed by atoms with Gasteiger partial charge in [-0.2, -0.15) is 0 Å². The number of carbonyl (C=O) groups is 1. The molecule has 0 spiro atoms. The summed E-state index contributed by atoms with van der Waals surface area (Å²) in [6.07, 6.45) is 2.26. The van der Waals surface area contributed by atoms with Gasteiger partial charge in [0.25, 0.3) is 0 Å². The van der Waals surface area contributed by atoms with Crippen LogP contribution in [0.4, 0.5) is 17.5 Å². The summed E-state index contributed by atoms with van der Waals surface area (Å²) in [5, 5.41) is 11.7. The second-order valence-corrected chi connectivity index (χ2v) is 7.15. The van der Waals surface area contributed by atoms with Crippen LogP contribution in [-0.2, 0) is 11.2 Å². The smallest absolute Gasteiger partial charge is 0.227 e. The second kappa shape index (κ2) is 8.68. The number of nitrogens with one attached hydrogen (secondary N) is 1. The average molecular weight is 388 g/mol. The Morgan fingerprint density at radius 1 is 0.931 bits per heavy atom. The van der Waals surface area contributed by atoms with Gasteiger partial charge in [-0.25, -0.2) is 4.98 Å². The predicted octanol–water partition coefficient (Wildman–Crippen LogP) is 2.81. The lowest BCUT2D eigenvalue weighted by molar-refractivity contribution is -0.130. The summed E-state index contributed by atoms with van der Waals surface area (Å²) >= 11 is 0. The molecule has 7 nitrogen and oxygen atoms in total. The van der Waals surface area contributed by atoms with E-state index in [4.69, 9.17) is 0 Å². The first-order valence-corrected chi connectivity index (χ1v) is 9.77. The van der Waals surface area contributed by atoms with E-state index in [-0.39, 0.29) is 5.91 Å². The van der Waals surface area contributed by atoms with E-state index in [1.54, 1.807) is 0 Å². The fourth-order valence-corrected chi connectivity index (χ4v) is 3.30. The van der Waals surface area contributed by atoms with E-state index in [0.717, 1.165) is 35.9 Å². The number of anilines is 3. The zero-order valence-corrected chi connectivity index (χ0v) is 16.5. The minimum Gasteiger partial charge on any atom is -0.352 e. The van der Waals surface area contributed by atoms with Gasteiger partial charge >= 0.3 is 0 Å². The Balaban J connectivity index is 1.30. The van der Waals surface area contributed by atoms with Crippen molar-refractivity contribution >= 4 is 23.4 Å². The van der Waals surface area contributed by atoms with Crippen LogP contribution >= 0.6 is 0 Å². The number of piperazine rings is 1. The predicted molar refractivity (Wildman–Crippen MR) is 113 cm³/mol. The number of benzene rings is 1. The fraction of sp³-hybridized carbons (Fsp3) is 0.273. The van der Waals surface area contributed by atoms with Gasteiger partial charge in [-0.3, -0.25) is 4.79 Å². The lowest BCUT2D eigenvalue weighted by atomic mass is 10.1. The Bertz CT molecular complexity index is 935. The molecule has 1 saturated heterocycles. The molecule has 0 bridgehead atoms. The van der Waals surface area contributed by atoms with Crippen LogP contribution < -0.4 is 10.2 Å². The molecule has 4 rings (SSSR count). The number of nitrogens with zero attached hydrogens (tertiary/aromatic N) is 5. The van der Waals surface area contributed by atoms with Gasteiger partial charge in [-0.05, 0) is 36.2 Å². The molecule has 3 aromatic rings. The first-order valence-electron chi connectivity index (χ1n) is 9.77. The van der Waals surface area contributed by atoms with Gasteiger partial charge in [-0.1, -0.05) is 36.4 Å². The van der Waals surface area contributed by atoms with Crippen LogP contribution in [0.5, 0.6) is 0 Å². The van der Waals surface area contributed by atoms with E-state index >= 15 is 0 Å². The minimum absolute atomic E-state index is 0.173. The minimum atomic E-state index is 0.173. The number of aryl methyl sites for hydroxylation is 1. The number of hydrogen-bond donors (Lipinski definition) is 1. The van der Waals surface area contributed by atoms with Crippen LogP contribution in [0, 0.1) is 6.92 Å². The van der Waals surface area contributed by atoms with Crippen molar-refractivity contribution in [1.29, 1.82) is 0 Å². The van der Waals surface area contributed by atoms with Crippen molar-refractivity contribution in [3.63, 3.8) is 0 Å². The van der Waals surface area contributed by atoms with E-state index in [1.807, 2.05) is 72.6 Å². The first kappa shape index (κ1) is 18.9. The van der Waals surface area contributed by atoms with E-state index in [2.05, 4.69) is 25.4 Å². The number of carbonyl (C=O) groups excluding carboxylic acids is 1. The van der Waals surface area contributed by atoms with E-state index in [9.17, 15) is 4.79 Å². The number of pyridine rings is 1. The molecule has 0 atom stereocenters. The standard InChI is InChI=1S/C22H24N6O/c1-17-7-8-19(23-16-17)24-20-9-10-21(26-25-20)27-11-13-28(14-12-27)22(29)15-18-5-3-2-4-6-18/h2-10,16H,11-15H2,1H3,(H,23,24,25). The maximum Gasteiger partial charge on any atom is 0.227 e. The molecule has 2 aromatic heterocycles. The highest BCUT2D eigenvalue weighted by molar-refractivity contribution is 5.79. The number of rotatable bonds is 5. The van der Waals surface area contributed by atoms with Gasteiger partial charge in [0.1, 0.15) is 5.82 Å². The summed E-state index contributed by atoms with van der Waals surface area (Å²) < 4.78 is 0. The van der Waals surface area contributed by atoms with Crippen LogP contribution in [0.1, 0.15) is 11.1 Å². The maximum atomic E-state index is 12.5. The molecule has 0 unspecified atom stereocenters. The summed E-state index contributed by atoms with van der Waals surface area (Å²) in [4.78, 5) is 20.9. The van der Waals surface area contributed by atoms with Crippen molar-refractivity contribution in [2.45, 2.75) is 13.3 Å². The van der Waals surface area contributed by atoms with E-state index in [0.29, 0.717) is 25.3 Å². The molecular formula is C22H24N6O. The fourth-order valence-electron chi connectivity index (χ4n) is 3.30. The van der Waals surface area contributed by atoms with Gasteiger partial charge in [0.05, 0.1) is 6.42 Å². The van der Waals surface area contributed by atoms with Gasteiger partial charge in [0.15, 0.2) is 11.6 Å². The topological polar surface area (TPSA) is 74.2 Å². The Morgan fingerprint density at radius 3 is 2.34 bits per heavy atom. The van der Waals surface area contributed by atoms with Crippen molar-refractivity contribution < 1.29 is 4.79 Å². The zero-order chi connectivity index (χ0) is 20.1. The molecule has 0 aliphatic carbocycles. The maximum absolute atomic E-state index is 12.5. The van der Waals surface area contributed by atoms with Crippen LogP contribution in [0.15, 0.2) is 60.8 Å². The molecular weight excluding hydrogens is 364 g/mol. The first-order chi connectivity index (χ1) is 14.2. The molecule has 148 valence electrons. The number of aromatic nitrogens is 3. The Hall–Kier alpha value is -3.48. The van der Waals surface area contributed by atoms with Crippen LogP contribution in [0.3, 0.4) is 0 Å². The lowest BCUT2D eigenvalue weighted by Crippen LogP contribution is -2.49. The third-order valence-electron chi connectivity index (χ3n) is 4.97. The normalized spacial score (nSPS) is 14.0. The van der Waals surface area contributed by atoms with Gasteiger partial charge in [0, 0.05) is 32.4 Å². The van der Waals surface area contributed by atoms with Crippen molar-refractivity contribution in [3.8, 4) is 0 Å². The Kier molecular flexibility index (Phi) is 5.65. The monoisotopic (exact) mass is 388 g/mol. The molecule has 29 heavy (non-hydrogen) atoms. The summed E-state index contributed by atoms with van der Waals surface area (Å²) in [5.74, 6) is 2.39. The highest BCUT2D eigenvalue weighted by Crippen LogP contribution is 2.17. The molecule has 3 heterocycles. The van der Waals surface area contributed by atoms with Crippen molar-refractivity contribution in [2.75, 3.05) is 36.4 Å². The SMILES string of the molecule is Cc1ccc(Nc2ccc(N3CCN(C(=O)Cc4ccccc4)CC3)nn2)nc1. The van der Waals surface area contributed by atoms with Crippen molar-refractivity contribution in [3.05, 3.63) is 71.9 Å². The molecule has 1 aliphatic heterocycles. The summed E-state index contributed by atoms with van der Waals surface area (Å²) in [7, 11) is 0. The Morgan fingerprint density at radius 2 is 1.69 bits per heavy atom. The lowest BCUT2D eigenvalue weighted by Gasteiger charge is -2.35. The van der Waals surface area contributed by atoms with Crippen LogP contribution in [0.2, 0.25) is 0 Å². The molecule has 1 fully saturated rings. The van der Waals surface area contributed by atoms with Crippen molar-refractivity contribution in [1.82, 2.24) is 20.1 Å². The molecule has 7 heteroatoms. The molecule has 0 radical (unpaired) electrons. The third kappa shape index (κ3) is 4.87. The highest BCUT2D eigenvalue weighted by atomic mass is 16.2. The molecule has 1 N–H and O–H groups in total. The van der Waals surface area contributed by atoms with Crippen molar-refractivity contribution in [2.24, 2.45) is 0 Å². The Labute approximate surface area is 170 Å². The number of amides is 1. The molecule has 1 aromatic carbocycles. The third-order valence-corrected chi connectivity index (χ3v) is 4.97. The second-order valence-electron chi connectivity index (χ2n) is 7.15. The van der Waals surface area contributed by atoms with Crippen LogP contribution in [-0.4, -0.2) is 52.2 Å². The summed E-state index contributed by atoms with van der Waals surface area (Å²) in [6, 6.07) is 17.6.